The fourth-order valence-electron chi connectivity index (χ4n) is 1.59. The fourth-order valence-corrected chi connectivity index (χ4v) is 1.59. The first-order valence-corrected chi connectivity index (χ1v) is 5.38. The molecule has 0 bridgehead atoms. The minimum absolute atomic E-state index is 0.0820. The highest BCUT2D eigenvalue weighted by Gasteiger charge is 2.29. The van der Waals surface area contributed by atoms with E-state index in [0.29, 0.717) is 0 Å². The van der Waals surface area contributed by atoms with Crippen LogP contribution < -0.4 is 5.32 Å². The largest absolute Gasteiger partial charge is 0.478 e. The van der Waals surface area contributed by atoms with Gasteiger partial charge in [0.2, 0.25) is 0 Å². The molecule has 1 aliphatic rings. The van der Waals surface area contributed by atoms with E-state index in [1.807, 2.05) is 0 Å². The average Bonchev–Trinajstić information content (AvgIpc) is 3.10. The summed E-state index contributed by atoms with van der Waals surface area (Å²) in [6.45, 7) is 0.226. The van der Waals surface area contributed by atoms with Crippen LogP contribution in [0.2, 0.25) is 0 Å². The van der Waals surface area contributed by atoms with Gasteiger partial charge in [0, 0.05) is 6.54 Å². The predicted octanol–water partition coefficient (Wildman–Crippen LogP) is 1.10. The summed E-state index contributed by atoms with van der Waals surface area (Å²) in [6, 6.07) is 0.904. The number of aliphatic hydroxyl groups excluding tert-OH is 1. The van der Waals surface area contributed by atoms with Crippen molar-refractivity contribution in [1.82, 2.24) is 4.98 Å². The third kappa shape index (κ3) is 2.91. The van der Waals surface area contributed by atoms with Crippen LogP contribution in [-0.2, 0) is 0 Å². The van der Waals surface area contributed by atoms with Gasteiger partial charge in [-0.25, -0.2) is 14.2 Å². The molecular weight excluding hydrogens is 227 g/mol. The van der Waals surface area contributed by atoms with Crippen LogP contribution in [0.1, 0.15) is 23.2 Å². The zero-order chi connectivity index (χ0) is 12.4. The summed E-state index contributed by atoms with van der Waals surface area (Å²) in [5.41, 5.74) is -0.229. The first-order valence-electron chi connectivity index (χ1n) is 5.38. The minimum Gasteiger partial charge on any atom is -0.478 e. The van der Waals surface area contributed by atoms with Crippen molar-refractivity contribution < 1.29 is 19.4 Å². The molecule has 0 spiro atoms. The highest BCUT2D eigenvalue weighted by Crippen LogP contribution is 2.32. The van der Waals surface area contributed by atoms with Gasteiger partial charge in [-0.15, -0.1) is 0 Å². The molecule has 1 aromatic heterocycles. The van der Waals surface area contributed by atoms with Gasteiger partial charge in [-0.3, -0.25) is 0 Å². The van der Waals surface area contributed by atoms with E-state index in [1.165, 1.54) is 0 Å². The summed E-state index contributed by atoms with van der Waals surface area (Å²) < 4.78 is 12.8. The number of pyridine rings is 1. The smallest absolute Gasteiger partial charge is 0.339 e. The lowest BCUT2D eigenvalue weighted by Crippen LogP contribution is -2.23. The third-order valence-corrected chi connectivity index (χ3v) is 2.73. The quantitative estimate of drug-likeness (QED) is 0.718. The van der Waals surface area contributed by atoms with Gasteiger partial charge in [0.25, 0.3) is 0 Å². The molecule has 2 rings (SSSR count). The van der Waals surface area contributed by atoms with Crippen molar-refractivity contribution >= 4 is 11.8 Å². The van der Waals surface area contributed by atoms with Gasteiger partial charge in [0.15, 0.2) is 0 Å². The van der Waals surface area contributed by atoms with Gasteiger partial charge in [0.05, 0.1) is 12.3 Å². The van der Waals surface area contributed by atoms with Crippen molar-refractivity contribution in [2.45, 2.75) is 18.9 Å². The maximum absolute atomic E-state index is 12.8. The van der Waals surface area contributed by atoms with Crippen LogP contribution in [0.25, 0.3) is 0 Å². The predicted molar refractivity (Wildman–Crippen MR) is 58.4 cm³/mol. The number of rotatable bonds is 5. The number of aromatic carboxylic acids is 1. The molecule has 1 aliphatic carbocycles. The summed E-state index contributed by atoms with van der Waals surface area (Å²) in [7, 11) is 0. The highest BCUT2D eigenvalue weighted by atomic mass is 19.1. The molecule has 0 aliphatic heterocycles. The highest BCUT2D eigenvalue weighted by molar-refractivity contribution is 5.93. The van der Waals surface area contributed by atoms with Gasteiger partial charge < -0.3 is 15.5 Å². The van der Waals surface area contributed by atoms with Crippen LogP contribution >= 0.6 is 0 Å². The van der Waals surface area contributed by atoms with Crippen LogP contribution in [0.4, 0.5) is 10.2 Å². The van der Waals surface area contributed by atoms with Crippen LogP contribution in [-0.4, -0.2) is 33.8 Å². The Morgan fingerprint density at radius 1 is 1.65 bits per heavy atom. The van der Waals surface area contributed by atoms with Gasteiger partial charge in [-0.2, -0.15) is 0 Å². The van der Waals surface area contributed by atoms with Gasteiger partial charge in [0.1, 0.15) is 17.2 Å². The van der Waals surface area contributed by atoms with E-state index in [0.717, 1.165) is 25.1 Å². The van der Waals surface area contributed by atoms with Crippen molar-refractivity contribution in [2.75, 3.05) is 11.9 Å². The van der Waals surface area contributed by atoms with Crippen molar-refractivity contribution in [3.05, 3.63) is 23.6 Å². The zero-order valence-corrected chi connectivity index (χ0v) is 9.06. The molecule has 0 amide bonds. The summed E-state index contributed by atoms with van der Waals surface area (Å²) in [5, 5.41) is 21.2. The number of hydrogen-bond acceptors (Lipinski definition) is 4. The molecule has 17 heavy (non-hydrogen) atoms. The number of halogens is 1. The maximum Gasteiger partial charge on any atom is 0.339 e. The molecule has 1 fully saturated rings. The van der Waals surface area contributed by atoms with E-state index >= 15 is 0 Å². The van der Waals surface area contributed by atoms with E-state index in [1.54, 1.807) is 0 Å². The summed E-state index contributed by atoms with van der Waals surface area (Å²) in [4.78, 5) is 14.5. The van der Waals surface area contributed by atoms with E-state index in [2.05, 4.69) is 10.3 Å². The van der Waals surface area contributed by atoms with Crippen molar-refractivity contribution in [3.63, 3.8) is 0 Å². The molecule has 0 saturated heterocycles. The monoisotopic (exact) mass is 240 g/mol. The number of carbonyl (C=O) groups is 1. The molecule has 1 unspecified atom stereocenters. The number of hydrogen-bond donors (Lipinski definition) is 3. The Balaban J connectivity index is 2.06. The summed E-state index contributed by atoms with van der Waals surface area (Å²) in [6.07, 6.45) is 2.42. The zero-order valence-electron chi connectivity index (χ0n) is 9.06. The molecule has 1 heterocycles. The lowest BCUT2D eigenvalue weighted by atomic mass is 10.2. The number of aliphatic hydroxyl groups is 1. The molecule has 3 N–H and O–H groups in total. The van der Waals surface area contributed by atoms with Crippen LogP contribution in [0.5, 0.6) is 0 Å². The first kappa shape index (κ1) is 11.8. The number of carboxylic acids is 1. The Bertz CT molecular complexity index is 435. The molecule has 1 saturated carbocycles. The van der Waals surface area contributed by atoms with E-state index in [9.17, 15) is 14.3 Å². The Kier molecular flexibility index (Phi) is 3.23. The second kappa shape index (κ2) is 4.67. The second-order valence-corrected chi connectivity index (χ2v) is 4.14. The Labute approximate surface area is 97.3 Å². The topological polar surface area (TPSA) is 82.5 Å². The number of carboxylic acid groups (broad SMARTS) is 1. The fraction of sp³-hybridized carbons (Fsp3) is 0.455. The van der Waals surface area contributed by atoms with Crippen LogP contribution in [0.3, 0.4) is 0 Å². The Hall–Kier alpha value is -1.69. The van der Waals surface area contributed by atoms with Gasteiger partial charge in [-0.05, 0) is 24.8 Å². The average molecular weight is 240 g/mol. The lowest BCUT2D eigenvalue weighted by molar-refractivity contribution is 0.0696. The Morgan fingerprint density at radius 3 is 2.94 bits per heavy atom. The molecule has 1 aromatic rings. The second-order valence-electron chi connectivity index (χ2n) is 4.14. The number of anilines is 1. The van der Waals surface area contributed by atoms with Gasteiger partial charge >= 0.3 is 5.97 Å². The molecule has 5 nitrogen and oxygen atoms in total. The number of aromatic nitrogens is 1. The van der Waals surface area contributed by atoms with E-state index < -0.39 is 17.9 Å². The van der Waals surface area contributed by atoms with E-state index in [-0.39, 0.29) is 23.8 Å². The summed E-state index contributed by atoms with van der Waals surface area (Å²) in [5.74, 6) is -1.58. The lowest BCUT2D eigenvalue weighted by Gasteiger charge is -2.12. The SMILES string of the molecule is O=C(O)c1cc(F)cnc1NCC(O)C1CC1. The summed E-state index contributed by atoms with van der Waals surface area (Å²) >= 11 is 0. The number of nitrogens with zero attached hydrogens (tertiary/aromatic N) is 1. The Morgan fingerprint density at radius 2 is 2.35 bits per heavy atom. The van der Waals surface area contributed by atoms with Gasteiger partial charge in [-0.1, -0.05) is 0 Å². The molecule has 0 radical (unpaired) electrons. The first-order chi connectivity index (χ1) is 8.08. The molecule has 0 aromatic carbocycles. The van der Waals surface area contributed by atoms with Crippen LogP contribution in [0, 0.1) is 11.7 Å². The maximum atomic E-state index is 12.8. The van der Waals surface area contributed by atoms with Crippen molar-refractivity contribution in [1.29, 1.82) is 0 Å². The van der Waals surface area contributed by atoms with E-state index in [4.69, 9.17) is 5.11 Å². The minimum atomic E-state index is -1.25. The number of nitrogens with one attached hydrogen (secondary N) is 1. The van der Waals surface area contributed by atoms with Crippen molar-refractivity contribution in [3.8, 4) is 0 Å². The molecule has 92 valence electrons. The standard InChI is InChI=1S/C11H13FN2O3/c12-7-3-8(11(16)17)10(13-4-7)14-5-9(15)6-1-2-6/h3-4,6,9,15H,1-2,5H2,(H,13,14)(H,16,17). The third-order valence-electron chi connectivity index (χ3n) is 2.73. The molecular formula is C11H13FN2O3. The molecule has 1 atom stereocenters. The van der Waals surface area contributed by atoms with Crippen molar-refractivity contribution in [2.24, 2.45) is 5.92 Å². The molecule has 6 heteroatoms. The normalized spacial score (nSPS) is 16.6. The van der Waals surface area contributed by atoms with Crippen LogP contribution in [0.15, 0.2) is 12.3 Å².